The van der Waals surface area contributed by atoms with E-state index in [9.17, 15) is 13.2 Å². The summed E-state index contributed by atoms with van der Waals surface area (Å²) in [6, 6.07) is 9.45. The van der Waals surface area contributed by atoms with E-state index in [0.717, 1.165) is 31.1 Å². The molecule has 3 aromatic rings. The fourth-order valence-electron chi connectivity index (χ4n) is 4.21. The highest BCUT2D eigenvalue weighted by Crippen LogP contribution is 2.37. The Balaban J connectivity index is 1.69. The molecule has 28 heavy (non-hydrogen) atoms. The maximum atomic E-state index is 12.7. The molecule has 148 valence electrons. The van der Waals surface area contributed by atoms with Crippen molar-refractivity contribution in [2.75, 3.05) is 13.6 Å². The van der Waals surface area contributed by atoms with Gasteiger partial charge in [-0.3, -0.25) is 9.88 Å². The topological polar surface area (TPSA) is 21.1 Å². The van der Waals surface area contributed by atoms with E-state index in [-0.39, 0.29) is 0 Å². The Hall–Kier alpha value is -2.34. The summed E-state index contributed by atoms with van der Waals surface area (Å²) in [5.41, 5.74) is 5.16. The molecule has 0 N–H and O–H groups in total. The molecule has 4 rings (SSSR count). The Bertz CT molecular complexity index is 1000. The van der Waals surface area contributed by atoms with Crippen molar-refractivity contribution in [3.63, 3.8) is 0 Å². The van der Waals surface area contributed by atoms with Gasteiger partial charge in [-0.05, 0) is 63.1 Å². The Morgan fingerprint density at radius 1 is 1.18 bits per heavy atom. The third kappa shape index (κ3) is 3.30. The number of hydrogen-bond acceptors (Lipinski definition) is 2. The first-order valence-electron chi connectivity index (χ1n) is 9.59. The number of benzene rings is 1. The molecular weight excluding hydrogens is 363 g/mol. The van der Waals surface area contributed by atoms with Gasteiger partial charge in [-0.1, -0.05) is 17.7 Å². The first-order chi connectivity index (χ1) is 13.3. The lowest BCUT2D eigenvalue weighted by molar-refractivity contribution is -0.141. The van der Waals surface area contributed by atoms with Gasteiger partial charge in [0.15, 0.2) is 0 Å². The molecular formula is C22H24F3N3. The second-order valence-electron chi connectivity index (χ2n) is 7.74. The molecule has 2 aromatic heterocycles. The van der Waals surface area contributed by atoms with E-state index in [1.165, 1.54) is 40.0 Å². The number of aromatic nitrogens is 2. The molecule has 0 bridgehead atoms. The van der Waals surface area contributed by atoms with Gasteiger partial charge in [0, 0.05) is 41.9 Å². The van der Waals surface area contributed by atoms with Crippen molar-refractivity contribution in [2.24, 2.45) is 0 Å². The van der Waals surface area contributed by atoms with Gasteiger partial charge < -0.3 is 4.57 Å². The Morgan fingerprint density at radius 3 is 2.64 bits per heavy atom. The lowest BCUT2D eigenvalue weighted by Gasteiger charge is -2.32. The second-order valence-corrected chi connectivity index (χ2v) is 7.74. The van der Waals surface area contributed by atoms with E-state index >= 15 is 0 Å². The first kappa shape index (κ1) is 19.0. The monoisotopic (exact) mass is 387 g/mol. The number of halogens is 3. The molecule has 1 atom stereocenters. The van der Waals surface area contributed by atoms with Crippen LogP contribution in [0.25, 0.3) is 10.9 Å². The van der Waals surface area contributed by atoms with Gasteiger partial charge in [0.1, 0.15) is 5.69 Å². The summed E-state index contributed by atoms with van der Waals surface area (Å²) in [6.07, 6.45) is -1.39. The fraction of sp³-hybridized carbons (Fsp3) is 0.409. The van der Waals surface area contributed by atoms with Crippen LogP contribution < -0.4 is 0 Å². The molecule has 0 spiro atoms. The Morgan fingerprint density at radius 2 is 1.96 bits per heavy atom. The van der Waals surface area contributed by atoms with Crippen LogP contribution in [-0.2, 0) is 25.6 Å². The van der Waals surface area contributed by atoms with Crippen molar-refractivity contribution >= 4 is 10.9 Å². The van der Waals surface area contributed by atoms with Gasteiger partial charge in [-0.2, -0.15) is 13.2 Å². The van der Waals surface area contributed by atoms with Crippen LogP contribution >= 0.6 is 0 Å². The highest BCUT2D eigenvalue weighted by atomic mass is 19.4. The molecule has 1 unspecified atom stereocenters. The zero-order valence-corrected chi connectivity index (χ0v) is 16.3. The number of likely N-dealkylation sites (N-methyl/N-ethyl adjacent to an activating group) is 1. The maximum absolute atomic E-state index is 12.7. The summed E-state index contributed by atoms with van der Waals surface area (Å²) >= 11 is 0. The number of aryl methyl sites for hydroxylation is 3. The fourth-order valence-corrected chi connectivity index (χ4v) is 4.21. The number of fused-ring (bicyclic) bond motifs is 3. The SMILES string of the molecule is Cc1ccc2c(c1)c1c(n2CCc2ccc(C(F)(F)F)nc2)C(C)N(C)CC1. The van der Waals surface area contributed by atoms with Crippen molar-refractivity contribution in [1.82, 2.24) is 14.5 Å². The van der Waals surface area contributed by atoms with E-state index in [4.69, 9.17) is 0 Å². The highest BCUT2D eigenvalue weighted by molar-refractivity contribution is 5.86. The number of alkyl halides is 3. The van der Waals surface area contributed by atoms with Crippen LogP contribution in [0, 0.1) is 6.92 Å². The predicted molar refractivity (Wildman–Crippen MR) is 104 cm³/mol. The smallest absolute Gasteiger partial charge is 0.342 e. The van der Waals surface area contributed by atoms with Gasteiger partial charge >= 0.3 is 6.18 Å². The summed E-state index contributed by atoms with van der Waals surface area (Å²) in [6.45, 7) is 6.08. The molecule has 3 heterocycles. The minimum absolute atomic E-state index is 0.308. The number of pyridine rings is 1. The maximum Gasteiger partial charge on any atom is 0.433 e. The van der Waals surface area contributed by atoms with Crippen LogP contribution in [0.15, 0.2) is 36.5 Å². The Labute approximate surface area is 162 Å². The van der Waals surface area contributed by atoms with Gasteiger partial charge in [0.2, 0.25) is 0 Å². The minimum Gasteiger partial charge on any atom is -0.342 e. The normalized spacial score (nSPS) is 17.9. The van der Waals surface area contributed by atoms with Crippen LogP contribution in [0.2, 0.25) is 0 Å². The van der Waals surface area contributed by atoms with Gasteiger partial charge in [-0.25, -0.2) is 0 Å². The molecule has 0 radical (unpaired) electrons. The van der Waals surface area contributed by atoms with Crippen molar-refractivity contribution in [3.8, 4) is 0 Å². The van der Waals surface area contributed by atoms with Crippen LogP contribution in [0.3, 0.4) is 0 Å². The molecule has 0 saturated carbocycles. The van der Waals surface area contributed by atoms with Gasteiger partial charge in [0.25, 0.3) is 0 Å². The van der Waals surface area contributed by atoms with Crippen LogP contribution in [0.5, 0.6) is 0 Å². The van der Waals surface area contributed by atoms with Crippen molar-refractivity contribution in [3.05, 3.63) is 64.6 Å². The van der Waals surface area contributed by atoms with Crippen molar-refractivity contribution in [1.29, 1.82) is 0 Å². The molecule has 1 aliphatic rings. The quantitative estimate of drug-likeness (QED) is 0.619. The lowest BCUT2D eigenvalue weighted by Crippen LogP contribution is -2.31. The summed E-state index contributed by atoms with van der Waals surface area (Å²) in [5, 5.41) is 1.31. The summed E-state index contributed by atoms with van der Waals surface area (Å²) in [7, 11) is 2.14. The van der Waals surface area contributed by atoms with E-state index in [1.807, 2.05) is 0 Å². The zero-order chi connectivity index (χ0) is 20.1. The predicted octanol–water partition coefficient (Wildman–Crippen LogP) is 5.16. The minimum atomic E-state index is -4.40. The summed E-state index contributed by atoms with van der Waals surface area (Å²) < 4.78 is 40.5. The standard InChI is InChI=1S/C22H24F3N3/c1-14-4-6-19-18(12-14)17-9-10-27(3)15(2)21(17)28(19)11-8-16-5-7-20(26-13-16)22(23,24)25/h4-7,12-13,15H,8-11H2,1-3H3. The Kier molecular flexibility index (Phi) is 4.70. The molecule has 3 nitrogen and oxygen atoms in total. The van der Waals surface area contributed by atoms with Gasteiger partial charge in [0.05, 0.1) is 0 Å². The lowest BCUT2D eigenvalue weighted by atomic mass is 9.98. The van der Waals surface area contributed by atoms with E-state index < -0.39 is 11.9 Å². The molecule has 1 aliphatic heterocycles. The summed E-state index contributed by atoms with van der Waals surface area (Å²) in [4.78, 5) is 5.95. The van der Waals surface area contributed by atoms with E-state index in [1.54, 1.807) is 0 Å². The molecule has 6 heteroatoms. The average molecular weight is 387 g/mol. The molecule has 0 saturated heterocycles. The number of hydrogen-bond donors (Lipinski definition) is 0. The van der Waals surface area contributed by atoms with Crippen molar-refractivity contribution < 1.29 is 13.2 Å². The molecule has 0 amide bonds. The average Bonchev–Trinajstić information content (AvgIpc) is 2.96. The summed E-state index contributed by atoms with van der Waals surface area (Å²) in [5.74, 6) is 0. The van der Waals surface area contributed by atoms with E-state index in [0.29, 0.717) is 12.5 Å². The highest BCUT2D eigenvalue weighted by Gasteiger charge is 2.32. The van der Waals surface area contributed by atoms with Crippen LogP contribution in [-0.4, -0.2) is 28.0 Å². The van der Waals surface area contributed by atoms with Crippen LogP contribution in [0.1, 0.15) is 41.0 Å². The zero-order valence-electron chi connectivity index (χ0n) is 16.3. The third-order valence-electron chi connectivity index (χ3n) is 5.88. The molecule has 0 aliphatic carbocycles. The number of rotatable bonds is 3. The largest absolute Gasteiger partial charge is 0.433 e. The van der Waals surface area contributed by atoms with Crippen LogP contribution in [0.4, 0.5) is 13.2 Å². The van der Waals surface area contributed by atoms with Gasteiger partial charge in [-0.15, -0.1) is 0 Å². The van der Waals surface area contributed by atoms with Crippen molar-refractivity contribution in [2.45, 2.75) is 45.5 Å². The number of nitrogens with zero attached hydrogens (tertiary/aromatic N) is 3. The molecule has 0 fully saturated rings. The first-order valence-corrected chi connectivity index (χ1v) is 9.59. The molecule has 1 aromatic carbocycles. The second kappa shape index (κ2) is 6.92. The third-order valence-corrected chi connectivity index (χ3v) is 5.88. The van der Waals surface area contributed by atoms with E-state index in [2.05, 4.69) is 53.5 Å².